The van der Waals surface area contributed by atoms with Gasteiger partial charge in [0.05, 0.1) is 6.10 Å². The lowest BCUT2D eigenvalue weighted by Crippen LogP contribution is -1.97. The molecule has 0 heterocycles. The fraction of sp³-hybridized carbons (Fsp3) is 1.00. The Labute approximate surface area is 51.5 Å². The van der Waals surface area contributed by atoms with E-state index in [1.807, 2.05) is 6.92 Å². The highest BCUT2D eigenvalue weighted by molar-refractivity contribution is 4.43. The van der Waals surface area contributed by atoms with Gasteiger partial charge in [-0.1, -0.05) is 19.8 Å². The summed E-state index contributed by atoms with van der Waals surface area (Å²) in [6.45, 7) is 3.96. The molecule has 0 saturated carbocycles. The molecule has 2 heteroatoms. The normalized spacial score (nSPS) is 12.4. The minimum Gasteiger partial charge on any atom is -0.393 e. The molecule has 0 amide bonds. The summed E-state index contributed by atoms with van der Waals surface area (Å²) in [6, 6.07) is 0. The molecule has 4 N–H and O–H groups in total. The van der Waals surface area contributed by atoms with Crippen LogP contribution in [0, 0.1) is 0 Å². The fourth-order valence-corrected chi connectivity index (χ4v) is 0.500. The number of rotatable bonds is 3. The molecule has 0 rings (SSSR count). The standard InChI is InChI=1S/C6H14O.H3N/c1-3-4-5-6(2)7;/h6-7H,3-5H2,1-2H3;1H3. The van der Waals surface area contributed by atoms with Crippen molar-refractivity contribution < 1.29 is 5.11 Å². The Morgan fingerprint density at radius 2 is 2.00 bits per heavy atom. The van der Waals surface area contributed by atoms with E-state index in [-0.39, 0.29) is 12.3 Å². The Bertz CT molecular complexity index is 37.5. The van der Waals surface area contributed by atoms with E-state index >= 15 is 0 Å². The summed E-state index contributed by atoms with van der Waals surface area (Å²) in [7, 11) is 0. The van der Waals surface area contributed by atoms with Crippen molar-refractivity contribution in [2.45, 2.75) is 39.2 Å². The lowest BCUT2D eigenvalue weighted by Gasteiger charge is -1.98. The first-order chi connectivity index (χ1) is 3.27. The molecule has 1 atom stereocenters. The van der Waals surface area contributed by atoms with Crippen molar-refractivity contribution in [2.75, 3.05) is 0 Å². The monoisotopic (exact) mass is 119 g/mol. The molecule has 8 heavy (non-hydrogen) atoms. The van der Waals surface area contributed by atoms with E-state index in [2.05, 4.69) is 6.92 Å². The van der Waals surface area contributed by atoms with Gasteiger partial charge in [-0.15, -0.1) is 0 Å². The first-order valence-corrected chi connectivity index (χ1v) is 2.95. The van der Waals surface area contributed by atoms with Crippen molar-refractivity contribution in [3.8, 4) is 0 Å². The number of aliphatic hydroxyl groups is 1. The molecule has 0 fully saturated rings. The molecule has 0 aliphatic heterocycles. The van der Waals surface area contributed by atoms with Crippen LogP contribution in [0.2, 0.25) is 0 Å². The van der Waals surface area contributed by atoms with Gasteiger partial charge in [0.2, 0.25) is 0 Å². The maximum Gasteiger partial charge on any atom is 0.0512 e. The third-order valence-electron chi connectivity index (χ3n) is 0.975. The van der Waals surface area contributed by atoms with Crippen LogP contribution >= 0.6 is 0 Å². The lowest BCUT2D eigenvalue weighted by molar-refractivity contribution is 0.181. The van der Waals surface area contributed by atoms with E-state index in [0.717, 1.165) is 12.8 Å². The van der Waals surface area contributed by atoms with Crippen molar-refractivity contribution in [3.05, 3.63) is 0 Å². The molecule has 0 aromatic heterocycles. The van der Waals surface area contributed by atoms with Gasteiger partial charge < -0.3 is 11.3 Å². The molecule has 0 saturated heterocycles. The van der Waals surface area contributed by atoms with Crippen LogP contribution in [0.1, 0.15) is 33.1 Å². The Balaban J connectivity index is 0. The molecule has 0 aromatic carbocycles. The zero-order valence-corrected chi connectivity index (χ0v) is 5.85. The molecular weight excluding hydrogens is 102 g/mol. The Morgan fingerprint density at radius 3 is 2.12 bits per heavy atom. The molecule has 1 unspecified atom stereocenters. The molecular formula is C6H17NO. The summed E-state index contributed by atoms with van der Waals surface area (Å²) in [5.74, 6) is 0. The summed E-state index contributed by atoms with van der Waals surface area (Å²) in [4.78, 5) is 0. The van der Waals surface area contributed by atoms with E-state index in [4.69, 9.17) is 5.11 Å². The first kappa shape index (κ1) is 10.8. The second kappa shape index (κ2) is 6.92. The van der Waals surface area contributed by atoms with Gasteiger partial charge in [-0.25, -0.2) is 0 Å². The fourth-order valence-electron chi connectivity index (χ4n) is 0.500. The van der Waals surface area contributed by atoms with Crippen LogP contribution < -0.4 is 6.15 Å². The van der Waals surface area contributed by atoms with E-state index in [0.29, 0.717) is 0 Å². The van der Waals surface area contributed by atoms with E-state index in [1.165, 1.54) is 6.42 Å². The van der Waals surface area contributed by atoms with Gasteiger partial charge in [0.1, 0.15) is 0 Å². The number of aliphatic hydroxyl groups excluding tert-OH is 1. The summed E-state index contributed by atoms with van der Waals surface area (Å²) in [5, 5.41) is 8.68. The van der Waals surface area contributed by atoms with Gasteiger partial charge in [-0.05, 0) is 13.3 Å². The lowest BCUT2D eigenvalue weighted by atomic mass is 10.2. The van der Waals surface area contributed by atoms with Crippen molar-refractivity contribution in [3.63, 3.8) is 0 Å². The predicted molar refractivity (Wildman–Crippen MR) is 36.2 cm³/mol. The average Bonchev–Trinajstić information content (AvgIpc) is 1.61. The molecule has 0 radical (unpaired) electrons. The third-order valence-corrected chi connectivity index (χ3v) is 0.975. The first-order valence-electron chi connectivity index (χ1n) is 2.95. The van der Waals surface area contributed by atoms with E-state index in [9.17, 15) is 0 Å². The Morgan fingerprint density at radius 1 is 1.50 bits per heavy atom. The zero-order chi connectivity index (χ0) is 5.70. The Hall–Kier alpha value is -0.0800. The smallest absolute Gasteiger partial charge is 0.0512 e. The second-order valence-corrected chi connectivity index (χ2v) is 1.99. The highest BCUT2D eigenvalue weighted by Gasteiger charge is 1.90. The van der Waals surface area contributed by atoms with Gasteiger partial charge in [0.25, 0.3) is 0 Å². The van der Waals surface area contributed by atoms with Gasteiger partial charge in [0.15, 0.2) is 0 Å². The predicted octanol–water partition coefficient (Wildman–Crippen LogP) is 1.72. The van der Waals surface area contributed by atoms with Crippen molar-refractivity contribution >= 4 is 0 Å². The topological polar surface area (TPSA) is 55.2 Å². The van der Waals surface area contributed by atoms with Crippen molar-refractivity contribution in [2.24, 2.45) is 0 Å². The molecule has 0 aliphatic carbocycles. The molecule has 0 bridgehead atoms. The van der Waals surface area contributed by atoms with Crippen LogP contribution in [-0.2, 0) is 0 Å². The zero-order valence-electron chi connectivity index (χ0n) is 5.85. The van der Waals surface area contributed by atoms with Gasteiger partial charge in [0, 0.05) is 0 Å². The van der Waals surface area contributed by atoms with Gasteiger partial charge in [-0.2, -0.15) is 0 Å². The minimum absolute atomic E-state index is 0. The summed E-state index contributed by atoms with van der Waals surface area (Å²) in [6.07, 6.45) is 3.19. The molecule has 0 spiro atoms. The van der Waals surface area contributed by atoms with Crippen LogP contribution in [0.5, 0.6) is 0 Å². The van der Waals surface area contributed by atoms with E-state index < -0.39 is 0 Å². The van der Waals surface area contributed by atoms with Crippen LogP contribution in [0.25, 0.3) is 0 Å². The average molecular weight is 119 g/mol. The summed E-state index contributed by atoms with van der Waals surface area (Å²) < 4.78 is 0. The second-order valence-electron chi connectivity index (χ2n) is 1.99. The van der Waals surface area contributed by atoms with Crippen LogP contribution in [-0.4, -0.2) is 11.2 Å². The van der Waals surface area contributed by atoms with Gasteiger partial charge >= 0.3 is 0 Å². The van der Waals surface area contributed by atoms with Crippen LogP contribution in [0.4, 0.5) is 0 Å². The number of hydrogen-bond acceptors (Lipinski definition) is 2. The quantitative estimate of drug-likeness (QED) is 0.594. The van der Waals surface area contributed by atoms with Crippen LogP contribution in [0.3, 0.4) is 0 Å². The van der Waals surface area contributed by atoms with Crippen molar-refractivity contribution in [1.82, 2.24) is 6.15 Å². The number of unbranched alkanes of at least 4 members (excludes halogenated alkanes) is 1. The van der Waals surface area contributed by atoms with E-state index in [1.54, 1.807) is 0 Å². The third kappa shape index (κ3) is 9.33. The highest BCUT2D eigenvalue weighted by Crippen LogP contribution is 1.97. The number of hydrogen-bond donors (Lipinski definition) is 2. The summed E-state index contributed by atoms with van der Waals surface area (Å²) in [5.41, 5.74) is 0. The largest absolute Gasteiger partial charge is 0.393 e. The highest BCUT2D eigenvalue weighted by atomic mass is 16.3. The van der Waals surface area contributed by atoms with Crippen LogP contribution in [0.15, 0.2) is 0 Å². The molecule has 0 aliphatic rings. The van der Waals surface area contributed by atoms with Crippen molar-refractivity contribution in [1.29, 1.82) is 0 Å². The minimum atomic E-state index is -0.0973. The Kier molecular flexibility index (Phi) is 9.36. The SMILES string of the molecule is CCCCC(C)O.N. The maximum absolute atomic E-state index is 8.68. The van der Waals surface area contributed by atoms with Gasteiger partial charge in [-0.3, -0.25) is 0 Å². The molecule has 0 aromatic rings. The molecule has 2 nitrogen and oxygen atoms in total. The summed E-state index contributed by atoms with van der Waals surface area (Å²) >= 11 is 0. The molecule has 52 valence electrons. The maximum atomic E-state index is 8.68.